The zero-order valence-electron chi connectivity index (χ0n) is 14.7. The van der Waals surface area contributed by atoms with E-state index in [0.717, 1.165) is 35.5 Å². The number of carbonyl (C=O) groups excluding carboxylic acids is 1. The number of hydrogen-bond donors (Lipinski definition) is 3. The van der Waals surface area contributed by atoms with Crippen LogP contribution in [-0.4, -0.2) is 52.2 Å². The fraction of sp³-hybridized carbons (Fsp3) is 0.588. The van der Waals surface area contributed by atoms with Crippen LogP contribution in [0.25, 0.3) is 0 Å². The van der Waals surface area contributed by atoms with Crippen molar-refractivity contribution in [3.05, 3.63) is 23.0 Å². The Morgan fingerprint density at radius 3 is 2.54 bits per heavy atom. The van der Waals surface area contributed by atoms with Crippen molar-refractivity contribution in [3.8, 4) is 0 Å². The van der Waals surface area contributed by atoms with Gasteiger partial charge >= 0.3 is 12.0 Å². The molecule has 0 atom stereocenters. The summed E-state index contributed by atoms with van der Waals surface area (Å²) < 4.78 is 0. The number of nitrogens with one attached hydrogen (secondary N) is 2. The number of nitrogens with zero attached hydrogens (tertiary/aromatic N) is 2. The summed E-state index contributed by atoms with van der Waals surface area (Å²) in [6.45, 7) is 8.44. The van der Waals surface area contributed by atoms with Crippen molar-refractivity contribution in [2.75, 3.05) is 18.4 Å². The summed E-state index contributed by atoms with van der Waals surface area (Å²) >= 11 is 0. The fourth-order valence-electron chi connectivity index (χ4n) is 3.22. The lowest BCUT2D eigenvalue weighted by molar-refractivity contribution is -0.139. The van der Waals surface area contributed by atoms with Gasteiger partial charge in [-0.05, 0) is 51.8 Å². The highest BCUT2D eigenvalue weighted by molar-refractivity contribution is 5.91. The Bertz CT molecular complexity index is 603. The molecule has 0 spiro atoms. The Morgan fingerprint density at radius 2 is 2.00 bits per heavy atom. The quantitative estimate of drug-likeness (QED) is 0.740. The molecule has 1 aromatic heterocycles. The second-order valence-corrected chi connectivity index (χ2v) is 6.42. The predicted octanol–water partition coefficient (Wildman–Crippen LogP) is 2.07. The van der Waals surface area contributed by atoms with Crippen LogP contribution in [0, 0.1) is 20.8 Å². The second-order valence-electron chi connectivity index (χ2n) is 6.42. The van der Waals surface area contributed by atoms with Crippen molar-refractivity contribution in [1.82, 2.24) is 15.2 Å². The first-order chi connectivity index (χ1) is 11.3. The van der Waals surface area contributed by atoms with Gasteiger partial charge in [-0.3, -0.25) is 14.7 Å². The largest absolute Gasteiger partial charge is 0.480 e. The van der Waals surface area contributed by atoms with Crippen molar-refractivity contribution >= 4 is 17.7 Å². The van der Waals surface area contributed by atoms with E-state index < -0.39 is 5.97 Å². The summed E-state index contributed by atoms with van der Waals surface area (Å²) in [7, 11) is 0. The van der Waals surface area contributed by atoms with Crippen molar-refractivity contribution in [3.63, 3.8) is 0 Å². The molecule has 2 amide bonds. The number of pyridine rings is 1. The Morgan fingerprint density at radius 1 is 1.33 bits per heavy atom. The molecule has 0 aliphatic heterocycles. The van der Waals surface area contributed by atoms with Gasteiger partial charge in [-0.2, -0.15) is 0 Å². The highest BCUT2D eigenvalue weighted by Crippen LogP contribution is 2.26. The van der Waals surface area contributed by atoms with Gasteiger partial charge in [-0.1, -0.05) is 6.92 Å². The van der Waals surface area contributed by atoms with E-state index in [1.165, 1.54) is 0 Å². The van der Waals surface area contributed by atoms with Crippen LogP contribution in [-0.2, 0) is 4.79 Å². The van der Waals surface area contributed by atoms with Crippen LogP contribution in [0.15, 0.2) is 6.07 Å². The minimum atomic E-state index is -0.816. The third-order valence-electron chi connectivity index (χ3n) is 4.47. The molecule has 7 nitrogen and oxygen atoms in total. The molecule has 3 N–H and O–H groups in total. The third kappa shape index (κ3) is 4.44. The van der Waals surface area contributed by atoms with Gasteiger partial charge in [0, 0.05) is 17.8 Å². The normalized spacial score (nSPS) is 19.7. The van der Waals surface area contributed by atoms with E-state index in [1.54, 1.807) is 0 Å². The Labute approximate surface area is 142 Å². The first-order valence-electron chi connectivity index (χ1n) is 8.28. The van der Waals surface area contributed by atoms with Gasteiger partial charge in [-0.15, -0.1) is 0 Å². The zero-order valence-corrected chi connectivity index (χ0v) is 14.7. The number of carboxylic acid groups (broad SMARTS) is 1. The number of anilines is 1. The van der Waals surface area contributed by atoms with Gasteiger partial charge in [0.25, 0.3) is 0 Å². The van der Waals surface area contributed by atoms with Crippen molar-refractivity contribution in [2.24, 2.45) is 0 Å². The predicted molar refractivity (Wildman–Crippen MR) is 92.3 cm³/mol. The van der Waals surface area contributed by atoms with E-state index in [-0.39, 0.29) is 24.7 Å². The van der Waals surface area contributed by atoms with Crippen LogP contribution in [0.1, 0.15) is 36.7 Å². The summed E-state index contributed by atoms with van der Waals surface area (Å²) in [5.41, 5.74) is 3.46. The van der Waals surface area contributed by atoms with E-state index in [9.17, 15) is 9.59 Å². The van der Waals surface area contributed by atoms with E-state index in [1.807, 2.05) is 38.7 Å². The minimum Gasteiger partial charge on any atom is -0.480 e. The van der Waals surface area contributed by atoms with E-state index in [2.05, 4.69) is 15.6 Å². The van der Waals surface area contributed by atoms with Crippen molar-refractivity contribution in [1.29, 1.82) is 0 Å². The molecular formula is C17H26N4O3. The Hall–Kier alpha value is -2.15. The molecule has 0 aromatic carbocycles. The first-order valence-corrected chi connectivity index (χ1v) is 8.28. The van der Waals surface area contributed by atoms with Gasteiger partial charge in [0.05, 0.1) is 17.9 Å². The van der Waals surface area contributed by atoms with Crippen LogP contribution in [0.2, 0.25) is 0 Å². The number of aromatic nitrogens is 1. The number of hydrogen-bond acceptors (Lipinski definition) is 4. The lowest BCUT2D eigenvalue weighted by atomic mass is 9.85. The standard InChI is InChI=1S/C17H26N4O3/c1-5-21(9-15(22)23)14-7-13(8-14)19-17(24)20-16-10(2)6-11(3)18-12(16)4/h6,13-14H,5,7-9H2,1-4H3,(H,22,23)(H2,19,20,24). The molecule has 1 saturated carbocycles. The smallest absolute Gasteiger partial charge is 0.319 e. The average molecular weight is 334 g/mol. The highest BCUT2D eigenvalue weighted by Gasteiger charge is 2.34. The molecule has 0 bridgehead atoms. The summed E-state index contributed by atoms with van der Waals surface area (Å²) in [6, 6.07) is 2.00. The van der Waals surface area contributed by atoms with E-state index >= 15 is 0 Å². The van der Waals surface area contributed by atoms with Gasteiger partial charge < -0.3 is 15.7 Å². The van der Waals surface area contributed by atoms with Crippen LogP contribution >= 0.6 is 0 Å². The number of urea groups is 1. The summed E-state index contributed by atoms with van der Waals surface area (Å²) in [4.78, 5) is 29.3. The third-order valence-corrected chi connectivity index (χ3v) is 4.47. The zero-order chi connectivity index (χ0) is 17.9. The minimum absolute atomic E-state index is 0.0491. The molecular weight excluding hydrogens is 308 g/mol. The molecule has 0 unspecified atom stereocenters. The summed E-state index contributed by atoms with van der Waals surface area (Å²) in [5.74, 6) is -0.816. The molecule has 0 saturated heterocycles. The molecule has 1 aliphatic rings. The number of carboxylic acids is 1. The summed E-state index contributed by atoms with van der Waals surface area (Å²) in [6.07, 6.45) is 1.55. The SMILES string of the molecule is CCN(CC(=O)O)C1CC(NC(=O)Nc2c(C)cc(C)nc2C)C1. The van der Waals surface area contributed by atoms with Gasteiger partial charge in [0.1, 0.15) is 0 Å². The van der Waals surface area contributed by atoms with Gasteiger partial charge in [0.2, 0.25) is 0 Å². The lowest BCUT2D eigenvalue weighted by Gasteiger charge is -2.42. The maximum Gasteiger partial charge on any atom is 0.319 e. The van der Waals surface area contributed by atoms with E-state index in [0.29, 0.717) is 6.54 Å². The molecule has 1 aliphatic carbocycles. The Kier molecular flexibility index (Phi) is 5.77. The molecule has 2 rings (SSSR count). The molecule has 1 heterocycles. The number of amides is 2. The lowest BCUT2D eigenvalue weighted by Crippen LogP contribution is -2.55. The average Bonchev–Trinajstić information content (AvgIpc) is 2.44. The highest BCUT2D eigenvalue weighted by atomic mass is 16.4. The number of aliphatic carboxylic acids is 1. The monoisotopic (exact) mass is 334 g/mol. The van der Waals surface area contributed by atoms with Crippen molar-refractivity contribution in [2.45, 2.75) is 52.6 Å². The van der Waals surface area contributed by atoms with Crippen LogP contribution in [0.3, 0.4) is 0 Å². The molecule has 1 fully saturated rings. The van der Waals surface area contributed by atoms with Crippen molar-refractivity contribution < 1.29 is 14.7 Å². The number of aryl methyl sites for hydroxylation is 3. The molecule has 0 radical (unpaired) electrons. The molecule has 24 heavy (non-hydrogen) atoms. The van der Waals surface area contributed by atoms with Gasteiger partial charge in [-0.25, -0.2) is 4.79 Å². The fourth-order valence-corrected chi connectivity index (χ4v) is 3.22. The number of likely N-dealkylation sites (N-methyl/N-ethyl adjacent to an activating group) is 1. The topological polar surface area (TPSA) is 94.6 Å². The maximum absolute atomic E-state index is 12.2. The number of carbonyl (C=O) groups is 2. The van der Waals surface area contributed by atoms with Crippen LogP contribution in [0.4, 0.5) is 10.5 Å². The molecule has 1 aromatic rings. The van der Waals surface area contributed by atoms with E-state index in [4.69, 9.17) is 5.11 Å². The van der Waals surface area contributed by atoms with Gasteiger partial charge in [0.15, 0.2) is 0 Å². The van der Waals surface area contributed by atoms with Crippen LogP contribution in [0.5, 0.6) is 0 Å². The van der Waals surface area contributed by atoms with Crippen LogP contribution < -0.4 is 10.6 Å². The Balaban J connectivity index is 1.84. The second kappa shape index (κ2) is 7.61. The maximum atomic E-state index is 12.2. The summed E-state index contributed by atoms with van der Waals surface area (Å²) in [5, 5.41) is 14.7. The number of rotatable bonds is 6. The molecule has 7 heteroatoms. The molecule has 132 valence electrons. The first kappa shape index (κ1) is 18.2.